The van der Waals surface area contributed by atoms with E-state index in [2.05, 4.69) is 6.58 Å². The van der Waals surface area contributed by atoms with Crippen LogP contribution in [0.4, 0.5) is 0 Å². The van der Waals surface area contributed by atoms with Gasteiger partial charge in [0, 0.05) is 0 Å². The molecule has 9 heavy (non-hydrogen) atoms. The molecule has 0 bridgehead atoms. The Labute approximate surface area is 53.2 Å². The van der Waals surface area contributed by atoms with E-state index in [4.69, 9.17) is 9.81 Å². The second-order valence-corrected chi connectivity index (χ2v) is 2.84. The maximum absolute atomic E-state index is 10.1. The van der Waals surface area contributed by atoms with Crippen LogP contribution in [0, 0.1) is 11.3 Å². The van der Waals surface area contributed by atoms with E-state index < -0.39 is 15.4 Å². The topological polar surface area (TPSA) is 78.2 Å². The van der Waals surface area contributed by atoms with E-state index in [1.54, 1.807) is 0 Å². The minimum atomic E-state index is -4.24. The monoisotopic (exact) mass is 147 g/mol. The van der Waals surface area contributed by atoms with Crippen molar-refractivity contribution < 1.29 is 13.0 Å². The summed E-state index contributed by atoms with van der Waals surface area (Å²) in [5.41, 5.74) is 0. The van der Waals surface area contributed by atoms with Gasteiger partial charge in [0.2, 0.25) is 0 Å². The lowest BCUT2D eigenvalue weighted by atomic mass is 10.5. The summed E-state index contributed by atoms with van der Waals surface area (Å²) < 4.78 is 28.3. The Morgan fingerprint density at radius 3 is 2.22 bits per heavy atom. The quantitative estimate of drug-likeness (QED) is 0.439. The summed E-state index contributed by atoms with van der Waals surface area (Å²) in [6, 6.07) is 1.34. The van der Waals surface area contributed by atoms with E-state index in [1.165, 1.54) is 6.07 Å². The molecule has 0 amide bonds. The lowest BCUT2D eigenvalue weighted by Crippen LogP contribution is -2.14. The van der Waals surface area contributed by atoms with E-state index in [0.717, 1.165) is 6.08 Å². The zero-order chi connectivity index (χ0) is 7.49. The van der Waals surface area contributed by atoms with E-state index in [0.29, 0.717) is 0 Å². The van der Waals surface area contributed by atoms with Crippen molar-refractivity contribution in [2.24, 2.45) is 0 Å². The van der Waals surface area contributed by atoms with Gasteiger partial charge in [0.05, 0.1) is 6.07 Å². The Morgan fingerprint density at radius 1 is 1.78 bits per heavy atom. The highest BCUT2D eigenvalue weighted by molar-refractivity contribution is 7.86. The van der Waals surface area contributed by atoms with E-state index >= 15 is 0 Å². The van der Waals surface area contributed by atoms with Crippen molar-refractivity contribution in [1.29, 1.82) is 5.26 Å². The Kier molecular flexibility index (Phi) is 2.37. The lowest BCUT2D eigenvalue weighted by Gasteiger charge is -1.94. The second kappa shape index (κ2) is 2.62. The Balaban J connectivity index is 4.58. The van der Waals surface area contributed by atoms with Gasteiger partial charge in [-0.15, -0.1) is 6.58 Å². The van der Waals surface area contributed by atoms with Crippen LogP contribution in [0.25, 0.3) is 0 Å². The molecule has 4 nitrogen and oxygen atoms in total. The summed E-state index contributed by atoms with van der Waals surface area (Å²) in [5.74, 6) is 0. The van der Waals surface area contributed by atoms with Crippen molar-refractivity contribution in [3.05, 3.63) is 12.7 Å². The van der Waals surface area contributed by atoms with Crippen LogP contribution >= 0.6 is 0 Å². The van der Waals surface area contributed by atoms with Gasteiger partial charge in [-0.3, -0.25) is 4.55 Å². The largest absolute Gasteiger partial charge is 0.285 e. The van der Waals surface area contributed by atoms with Crippen molar-refractivity contribution in [1.82, 2.24) is 0 Å². The van der Waals surface area contributed by atoms with Gasteiger partial charge < -0.3 is 0 Å². The van der Waals surface area contributed by atoms with Crippen LogP contribution < -0.4 is 0 Å². The minimum Gasteiger partial charge on any atom is -0.284 e. The minimum absolute atomic E-state index is 0.856. The Morgan fingerprint density at radius 2 is 2.22 bits per heavy atom. The molecule has 5 heteroatoms. The summed E-state index contributed by atoms with van der Waals surface area (Å²) >= 11 is 0. The van der Waals surface area contributed by atoms with Gasteiger partial charge in [0.25, 0.3) is 10.1 Å². The third-order valence-corrected chi connectivity index (χ3v) is 1.60. The first kappa shape index (κ1) is 8.14. The molecule has 0 aromatic carbocycles. The fourth-order valence-corrected chi connectivity index (χ4v) is 0.617. The number of hydrogen-bond acceptors (Lipinski definition) is 3. The molecule has 0 fully saturated rings. The van der Waals surface area contributed by atoms with Crippen molar-refractivity contribution >= 4 is 10.1 Å². The van der Waals surface area contributed by atoms with Crippen molar-refractivity contribution in [3.63, 3.8) is 0 Å². The standard InChI is InChI=1S/C4H5NO3S/c1-2-4(3-5)9(6,7)8/h2,4H,1H2,(H,6,7,8). The maximum atomic E-state index is 10.1. The average Bonchev–Trinajstić information content (AvgIpc) is 1.65. The number of nitrogens with zero attached hydrogens (tertiary/aromatic N) is 1. The van der Waals surface area contributed by atoms with Crippen molar-refractivity contribution in [3.8, 4) is 6.07 Å². The highest BCUT2D eigenvalue weighted by Crippen LogP contribution is 1.95. The van der Waals surface area contributed by atoms with Crippen LogP contribution in [0.15, 0.2) is 12.7 Å². The molecule has 0 spiro atoms. The number of rotatable bonds is 2. The molecule has 0 aliphatic carbocycles. The van der Waals surface area contributed by atoms with E-state index in [1.807, 2.05) is 0 Å². The maximum Gasteiger partial charge on any atom is 0.285 e. The summed E-state index contributed by atoms with van der Waals surface area (Å²) in [6.07, 6.45) is 0.856. The molecule has 0 radical (unpaired) electrons. The van der Waals surface area contributed by atoms with Gasteiger partial charge in [-0.1, -0.05) is 6.08 Å². The predicted molar refractivity (Wildman–Crippen MR) is 31.1 cm³/mol. The summed E-state index contributed by atoms with van der Waals surface area (Å²) in [4.78, 5) is 0. The van der Waals surface area contributed by atoms with Crippen molar-refractivity contribution in [2.75, 3.05) is 0 Å². The summed E-state index contributed by atoms with van der Waals surface area (Å²) in [6.45, 7) is 3.04. The SMILES string of the molecule is C=CC(C#N)S(=O)(=O)O. The molecule has 0 rings (SSSR count). The van der Waals surface area contributed by atoms with Gasteiger partial charge >= 0.3 is 0 Å². The molecule has 0 aromatic rings. The normalized spacial score (nSPS) is 13.8. The predicted octanol–water partition coefficient (Wildman–Crippen LogP) is -0.0476. The van der Waals surface area contributed by atoms with E-state index in [-0.39, 0.29) is 0 Å². The Bertz CT molecular complexity index is 235. The number of nitriles is 1. The van der Waals surface area contributed by atoms with Crippen LogP contribution in [-0.2, 0) is 10.1 Å². The molecule has 0 aliphatic heterocycles. The fourth-order valence-electron chi connectivity index (χ4n) is 0.241. The number of hydrogen-bond donors (Lipinski definition) is 1. The smallest absolute Gasteiger partial charge is 0.284 e. The van der Waals surface area contributed by atoms with Gasteiger partial charge in [-0.05, 0) is 0 Å². The van der Waals surface area contributed by atoms with Crippen molar-refractivity contribution in [2.45, 2.75) is 5.25 Å². The lowest BCUT2D eigenvalue weighted by molar-refractivity contribution is 0.481. The summed E-state index contributed by atoms with van der Waals surface area (Å²) in [5, 5.41) is 6.50. The second-order valence-electron chi connectivity index (χ2n) is 1.30. The third-order valence-electron chi connectivity index (χ3n) is 0.662. The Hall–Kier alpha value is -0.860. The molecule has 0 aromatic heterocycles. The molecule has 50 valence electrons. The molecular formula is C4H5NO3S. The van der Waals surface area contributed by atoms with Gasteiger partial charge in [-0.2, -0.15) is 13.7 Å². The first-order valence-corrected chi connectivity index (χ1v) is 3.51. The van der Waals surface area contributed by atoms with Crippen LogP contribution in [0.5, 0.6) is 0 Å². The molecule has 1 atom stereocenters. The molecular weight excluding hydrogens is 142 g/mol. The first-order chi connectivity index (χ1) is 4.02. The summed E-state index contributed by atoms with van der Waals surface area (Å²) in [7, 11) is -4.24. The highest BCUT2D eigenvalue weighted by Gasteiger charge is 2.17. The van der Waals surface area contributed by atoms with Crippen LogP contribution in [0.2, 0.25) is 0 Å². The van der Waals surface area contributed by atoms with Gasteiger partial charge in [0.15, 0.2) is 5.25 Å². The molecule has 0 saturated heterocycles. The van der Waals surface area contributed by atoms with Crippen LogP contribution in [0.3, 0.4) is 0 Å². The molecule has 0 saturated carbocycles. The zero-order valence-electron chi connectivity index (χ0n) is 4.48. The molecule has 0 heterocycles. The highest BCUT2D eigenvalue weighted by atomic mass is 32.2. The zero-order valence-corrected chi connectivity index (χ0v) is 5.30. The van der Waals surface area contributed by atoms with Gasteiger partial charge in [-0.25, -0.2) is 0 Å². The molecule has 0 aliphatic rings. The van der Waals surface area contributed by atoms with Crippen LogP contribution in [0.1, 0.15) is 0 Å². The fraction of sp³-hybridized carbons (Fsp3) is 0.250. The van der Waals surface area contributed by atoms with Gasteiger partial charge in [0.1, 0.15) is 0 Å². The molecule has 1 N–H and O–H groups in total. The van der Waals surface area contributed by atoms with Crippen LogP contribution in [-0.4, -0.2) is 18.2 Å². The third kappa shape index (κ3) is 2.26. The first-order valence-electron chi connectivity index (χ1n) is 2.01. The molecule has 1 unspecified atom stereocenters. The van der Waals surface area contributed by atoms with E-state index in [9.17, 15) is 8.42 Å². The average molecular weight is 147 g/mol.